The summed E-state index contributed by atoms with van der Waals surface area (Å²) < 4.78 is 1.72. The third kappa shape index (κ3) is 19.3. The van der Waals surface area contributed by atoms with Crippen LogP contribution in [0.5, 0.6) is 0 Å². The van der Waals surface area contributed by atoms with Crippen molar-refractivity contribution in [3.05, 3.63) is 111 Å². The Morgan fingerprint density at radius 2 is 0.782 bits per heavy atom. The molecule has 1 aliphatic carbocycles. The molecule has 0 radical (unpaired) electrons. The SMILES string of the molecule is CCCCC1=[C]([Hf])CC=C1.CCN(CC)c1ccccc1CN(C)C.CCN(CC)c1ccccc1CN(C)C.CCN(CC)c1ccccc1CN(C)C. The molecule has 1 aliphatic rings. The Morgan fingerprint density at radius 3 is 1.02 bits per heavy atom. The van der Waals surface area contributed by atoms with Gasteiger partial charge in [-0.1, -0.05) is 54.6 Å². The number of hydrogen-bond donors (Lipinski definition) is 0. The van der Waals surface area contributed by atoms with Gasteiger partial charge < -0.3 is 29.4 Å². The molecule has 0 N–H and O–H groups in total. The minimum absolute atomic E-state index is 1.01. The van der Waals surface area contributed by atoms with Gasteiger partial charge in [-0.3, -0.25) is 0 Å². The molecule has 55 heavy (non-hydrogen) atoms. The first-order valence-corrected chi connectivity index (χ1v) is 22.7. The number of unbranched alkanes of at least 4 members (excludes halogenated alkanes) is 1. The van der Waals surface area contributed by atoms with Crippen molar-refractivity contribution in [3.63, 3.8) is 0 Å². The first kappa shape index (κ1) is 50.3. The van der Waals surface area contributed by atoms with Crippen molar-refractivity contribution in [2.45, 2.75) is 93.8 Å². The van der Waals surface area contributed by atoms with Gasteiger partial charge >= 0.3 is 78.0 Å². The van der Waals surface area contributed by atoms with Crippen molar-refractivity contribution in [1.82, 2.24) is 14.7 Å². The normalized spacial score (nSPS) is 11.8. The minimum atomic E-state index is 1.01. The zero-order valence-corrected chi connectivity index (χ0v) is 41.1. The molecule has 0 saturated heterocycles. The average molecular weight is 919 g/mol. The number of hydrogen-bond acceptors (Lipinski definition) is 6. The fourth-order valence-electron chi connectivity index (χ4n) is 6.73. The molecule has 0 atom stereocenters. The number of benzene rings is 3. The van der Waals surface area contributed by atoms with E-state index >= 15 is 0 Å². The van der Waals surface area contributed by atoms with Crippen LogP contribution in [0.2, 0.25) is 0 Å². The summed E-state index contributed by atoms with van der Waals surface area (Å²) in [6.45, 7) is 24.9. The zero-order chi connectivity index (χ0) is 41.2. The third-order valence-corrected chi connectivity index (χ3v) is 11.5. The van der Waals surface area contributed by atoms with Crippen molar-refractivity contribution in [3.8, 4) is 0 Å². The van der Waals surface area contributed by atoms with Gasteiger partial charge in [-0.15, -0.1) is 0 Å². The maximum Gasteiger partial charge on any atom is 0.0411 e. The van der Waals surface area contributed by atoms with Crippen molar-refractivity contribution in [2.24, 2.45) is 0 Å². The van der Waals surface area contributed by atoms with Crippen molar-refractivity contribution in [2.75, 3.05) is 96.3 Å². The van der Waals surface area contributed by atoms with E-state index in [1.54, 1.807) is 8.90 Å². The van der Waals surface area contributed by atoms with Crippen LogP contribution in [0.1, 0.15) is 90.8 Å². The molecule has 0 heterocycles. The number of nitrogens with zero attached hydrogens (tertiary/aromatic N) is 6. The summed E-state index contributed by atoms with van der Waals surface area (Å²) in [6, 6.07) is 26.0. The van der Waals surface area contributed by atoms with Crippen molar-refractivity contribution in [1.29, 1.82) is 0 Å². The second-order valence-electron chi connectivity index (χ2n) is 14.8. The molecule has 0 fully saturated rings. The van der Waals surface area contributed by atoms with Gasteiger partial charge in [-0.05, 0) is 119 Å². The summed E-state index contributed by atoms with van der Waals surface area (Å²) in [6.07, 6.45) is 9.89. The van der Waals surface area contributed by atoms with Gasteiger partial charge in [0.05, 0.1) is 0 Å². The maximum atomic E-state index is 2.40. The van der Waals surface area contributed by atoms with E-state index < -0.39 is 0 Å². The van der Waals surface area contributed by atoms with E-state index in [-0.39, 0.29) is 0 Å². The molecular formula is C48H79HfN6. The van der Waals surface area contributed by atoms with E-state index in [1.807, 2.05) is 0 Å². The van der Waals surface area contributed by atoms with Gasteiger partial charge in [0.2, 0.25) is 0 Å². The minimum Gasteiger partial charge on any atom is -0.372 e. The van der Waals surface area contributed by atoms with Crippen LogP contribution in [0.3, 0.4) is 0 Å². The monoisotopic (exact) mass is 920 g/mol. The van der Waals surface area contributed by atoms with E-state index in [1.165, 1.54) is 83.8 Å². The molecule has 305 valence electrons. The van der Waals surface area contributed by atoms with E-state index in [0.29, 0.717) is 0 Å². The molecule has 7 heteroatoms. The van der Waals surface area contributed by atoms with E-state index in [2.05, 4.69) is 205 Å². The number of para-hydroxylation sites is 3. The van der Waals surface area contributed by atoms with Crippen LogP contribution in [0.4, 0.5) is 17.1 Å². The summed E-state index contributed by atoms with van der Waals surface area (Å²) in [5, 5.41) is 0. The summed E-state index contributed by atoms with van der Waals surface area (Å²) in [7, 11) is 12.7. The van der Waals surface area contributed by atoms with Crippen molar-refractivity contribution >= 4 is 17.1 Å². The Morgan fingerprint density at radius 1 is 0.473 bits per heavy atom. The van der Waals surface area contributed by atoms with Gasteiger partial charge in [0.15, 0.2) is 0 Å². The molecule has 4 rings (SSSR count). The van der Waals surface area contributed by atoms with E-state index in [0.717, 1.165) is 58.9 Å². The van der Waals surface area contributed by atoms with Gasteiger partial charge in [0.1, 0.15) is 0 Å². The van der Waals surface area contributed by atoms with Gasteiger partial charge in [-0.2, -0.15) is 0 Å². The Hall–Kier alpha value is -2.71. The standard InChI is InChI=1S/3C13H22N2.C9H13.Hf/c3*1-5-15(6-2)13-10-8-7-9-12(13)11-14(3)4;1-2-3-6-9-7-4-5-8-9;/h3*7-10H,5-6,11H2,1-4H3;4,7H,2-3,5-6H2,1H3;. The molecule has 0 saturated carbocycles. The fourth-order valence-corrected chi connectivity index (χ4v) is 7.90. The van der Waals surface area contributed by atoms with E-state index in [9.17, 15) is 0 Å². The van der Waals surface area contributed by atoms with Crippen LogP contribution >= 0.6 is 0 Å². The number of rotatable bonds is 18. The number of anilines is 3. The molecule has 6 nitrogen and oxygen atoms in total. The Bertz CT molecular complexity index is 1340. The molecule has 0 spiro atoms. The molecule has 0 aliphatic heterocycles. The second kappa shape index (κ2) is 29.5. The Labute approximate surface area is 354 Å². The van der Waals surface area contributed by atoms with Crippen LogP contribution in [0, 0.1) is 0 Å². The van der Waals surface area contributed by atoms with Crippen LogP contribution in [-0.4, -0.2) is 96.3 Å². The third-order valence-electron chi connectivity index (χ3n) is 9.58. The number of allylic oxidation sites excluding steroid dienone is 4. The molecular weight excluding hydrogens is 839 g/mol. The fraction of sp³-hybridized carbons (Fsp3) is 0.542. The van der Waals surface area contributed by atoms with Crippen molar-refractivity contribution < 1.29 is 24.4 Å². The van der Waals surface area contributed by atoms with Gasteiger partial charge in [-0.25, -0.2) is 0 Å². The predicted octanol–water partition coefficient (Wildman–Crippen LogP) is 10.7. The predicted molar refractivity (Wildman–Crippen MR) is 242 cm³/mol. The van der Waals surface area contributed by atoms with Gasteiger partial charge in [0, 0.05) is 76.0 Å². The molecule has 0 bridgehead atoms. The molecule has 0 unspecified atom stereocenters. The first-order chi connectivity index (χ1) is 26.4. The molecule has 3 aromatic carbocycles. The molecule has 0 amide bonds. The smallest absolute Gasteiger partial charge is 0.0411 e. The van der Waals surface area contributed by atoms with Crippen LogP contribution in [0.15, 0.2) is 93.9 Å². The summed E-state index contributed by atoms with van der Waals surface area (Å²) in [5.74, 6) is 0. The maximum absolute atomic E-state index is 2.40. The van der Waals surface area contributed by atoms with E-state index in [4.69, 9.17) is 0 Å². The Balaban J connectivity index is 0.000000370. The molecule has 3 aromatic rings. The first-order valence-electron chi connectivity index (χ1n) is 20.9. The summed E-state index contributed by atoms with van der Waals surface area (Å²) in [4.78, 5) is 13.8. The summed E-state index contributed by atoms with van der Waals surface area (Å²) in [5.41, 5.74) is 9.99. The largest absolute Gasteiger partial charge is 0.372 e. The summed E-state index contributed by atoms with van der Waals surface area (Å²) >= 11 is 1.27. The van der Waals surface area contributed by atoms with Crippen LogP contribution in [-0.2, 0) is 44.0 Å². The van der Waals surface area contributed by atoms with Crippen LogP contribution < -0.4 is 14.7 Å². The average Bonchev–Trinajstić information content (AvgIpc) is 3.58. The topological polar surface area (TPSA) is 19.4 Å². The Kier molecular flexibility index (Phi) is 27.0. The quantitative estimate of drug-likeness (QED) is 0.118. The van der Waals surface area contributed by atoms with Crippen LogP contribution in [0.25, 0.3) is 0 Å². The zero-order valence-electron chi connectivity index (χ0n) is 37.5. The second-order valence-corrected chi connectivity index (χ2v) is 17.0. The molecule has 0 aromatic heterocycles. The van der Waals surface area contributed by atoms with Gasteiger partial charge in [0.25, 0.3) is 0 Å².